The van der Waals surface area contributed by atoms with E-state index in [1.807, 2.05) is 0 Å². The highest BCUT2D eigenvalue weighted by Gasteiger charge is 2.28. The molecular weight excluding hydrogens is 426 g/mol. The first-order valence-corrected chi connectivity index (χ1v) is 10.3. The molecule has 0 atom stereocenters. The molecule has 1 N–H and O–H groups in total. The number of rotatable bonds is 7. The van der Waals surface area contributed by atoms with E-state index in [2.05, 4.69) is 10.4 Å². The van der Waals surface area contributed by atoms with Gasteiger partial charge in [-0.15, -0.1) is 11.3 Å². The number of aryl methyl sites for hydroxylation is 1. The van der Waals surface area contributed by atoms with Crippen LogP contribution < -0.4 is 5.32 Å². The van der Waals surface area contributed by atoms with Crippen molar-refractivity contribution < 1.29 is 31.9 Å². The number of aromatic nitrogens is 2. The van der Waals surface area contributed by atoms with Crippen LogP contribution in [-0.4, -0.2) is 27.8 Å². The molecule has 0 aromatic carbocycles. The molecule has 0 fully saturated rings. The fourth-order valence-electron chi connectivity index (χ4n) is 3.31. The molecule has 164 valence electrons. The number of fused-ring (bicyclic) bond motifs is 1. The SMILES string of the molecule is CC(C)OC(=O)c1c(NC(=O)Cn2nc(C(F)F)cc2C(F)F)sc2c1CCCC2. The molecule has 1 aliphatic rings. The van der Waals surface area contributed by atoms with Crippen LogP contribution in [0.4, 0.5) is 22.6 Å². The summed E-state index contributed by atoms with van der Waals surface area (Å²) in [5.41, 5.74) is -0.490. The Morgan fingerprint density at radius 2 is 1.90 bits per heavy atom. The van der Waals surface area contributed by atoms with Crippen molar-refractivity contribution in [1.82, 2.24) is 9.78 Å². The van der Waals surface area contributed by atoms with Crippen molar-refractivity contribution in [2.75, 3.05) is 5.32 Å². The van der Waals surface area contributed by atoms with Crippen LogP contribution in [0, 0.1) is 0 Å². The number of esters is 1. The van der Waals surface area contributed by atoms with E-state index >= 15 is 0 Å². The molecule has 0 spiro atoms. The lowest BCUT2D eigenvalue weighted by Gasteiger charge is -2.14. The number of hydrogen-bond donors (Lipinski definition) is 1. The Morgan fingerprint density at radius 3 is 2.53 bits per heavy atom. The third-order valence-corrected chi connectivity index (χ3v) is 5.75. The number of alkyl halides is 4. The number of halogens is 4. The van der Waals surface area contributed by atoms with E-state index in [1.54, 1.807) is 13.8 Å². The lowest BCUT2D eigenvalue weighted by atomic mass is 9.95. The molecule has 1 aliphatic carbocycles. The summed E-state index contributed by atoms with van der Waals surface area (Å²) in [5.74, 6) is -1.31. The van der Waals surface area contributed by atoms with Crippen molar-refractivity contribution in [3.8, 4) is 0 Å². The highest BCUT2D eigenvalue weighted by Crippen LogP contribution is 2.39. The van der Waals surface area contributed by atoms with Gasteiger partial charge in [-0.25, -0.2) is 22.4 Å². The first-order chi connectivity index (χ1) is 14.2. The number of nitrogens with one attached hydrogen (secondary N) is 1. The van der Waals surface area contributed by atoms with E-state index in [0.717, 1.165) is 29.7 Å². The summed E-state index contributed by atoms with van der Waals surface area (Å²) in [5, 5.41) is 6.25. The summed E-state index contributed by atoms with van der Waals surface area (Å²) in [4.78, 5) is 26.1. The number of hydrogen-bond acceptors (Lipinski definition) is 5. The Labute approximate surface area is 174 Å². The number of ether oxygens (including phenoxy) is 1. The Balaban J connectivity index is 1.85. The summed E-state index contributed by atoms with van der Waals surface area (Å²) in [6, 6.07) is 0.581. The zero-order valence-corrected chi connectivity index (χ0v) is 17.2. The lowest BCUT2D eigenvalue weighted by molar-refractivity contribution is -0.117. The molecule has 0 bridgehead atoms. The highest BCUT2D eigenvalue weighted by molar-refractivity contribution is 7.17. The summed E-state index contributed by atoms with van der Waals surface area (Å²) in [6.07, 6.45) is -3.15. The van der Waals surface area contributed by atoms with Crippen LogP contribution >= 0.6 is 11.3 Å². The largest absolute Gasteiger partial charge is 0.459 e. The smallest absolute Gasteiger partial charge is 0.341 e. The van der Waals surface area contributed by atoms with Gasteiger partial charge in [-0.1, -0.05) is 0 Å². The maximum absolute atomic E-state index is 13.1. The first kappa shape index (κ1) is 22.3. The number of anilines is 1. The Bertz CT molecular complexity index is 940. The van der Waals surface area contributed by atoms with Crippen LogP contribution in [0.5, 0.6) is 0 Å². The van der Waals surface area contributed by atoms with Gasteiger partial charge >= 0.3 is 5.97 Å². The van der Waals surface area contributed by atoms with E-state index in [-0.39, 0.29) is 16.7 Å². The summed E-state index contributed by atoms with van der Waals surface area (Å²) >= 11 is 1.25. The molecular formula is C19H21F4N3O3S. The van der Waals surface area contributed by atoms with Gasteiger partial charge in [-0.2, -0.15) is 5.10 Å². The van der Waals surface area contributed by atoms with Crippen LogP contribution in [0.15, 0.2) is 6.07 Å². The normalized spacial score (nSPS) is 13.8. The molecule has 30 heavy (non-hydrogen) atoms. The fourth-order valence-corrected chi connectivity index (χ4v) is 4.60. The Hall–Kier alpha value is -2.43. The molecule has 0 saturated heterocycles. The quantitative estimate of drug-likeness (QED) is 0.484. The average molecular weight is 447 g/mol. The predicted octanol–water partition coefficient (Wildman–Crippen LogP) is 4.90. The molecule has 11 heteroatoms. The number of thiophene rings is 1. The summed E-state index contributed by atoms with van der Waals surface area (Å²) in [6.45, 7) is 2.73. The molecule has 6 nitrogen and oxygen atoms in total. The predicted molar refractivity (Wildman–Crippen MR) is 102 cm³/mol. The van der Waals surface area contributed by atoms with Crippen molar-refractivity contribution in [1.29, 1.82) is 0 Å². The van der Waals surface area contributed by atoms with Crippen LogP contribution in [0.25, 0.3) is 0 Å². The van der Waals surface area contributed by atoms with Crippen molar-refractivity contribution >= 4 is 28.2 Å². The lowest BCUT2D eigenvalue weighted by Crippen LogP contribution is -2.22. The van der Waals surface area contributed by atoms with Gasteiger partial charge in [-0.05, 0) is 51.2 Å². The van der Waals surface area contributed by atoms with Gasteiger partial charge in [0.25, 0.3) is 12.9 Å². The number of amides is 1. The molecule has 0 radical (unpaired) electrons. The summed E-state index contributed by atoms with van der Waals surface area (Å²) < 4.78 is 57.7. The van der Waals surface area contributed by atoms with E-state index < -0.39 is 42.7 Å². The maximum atomic E-state index is 13.1. The monoisotopic (exact) mass is 447 g/mol. The molecule has 3 rings (SSSR count). The van der Waals surface area contributed by atoms with Gasteiger partial charge in [0.2, 0.25) is 5.91 Å². The van der Waals surface area contributed by atoms with Gasteiger partial charge in [0.15, 0.2) is 0 Å². The molecule has 0 unspecified atom stereocenters. The van der Waals surface area contributed by atoms with Gasteiger partial charge in [-0.3, -0.25) is 9.48 Å². The minimum atomic E-state index is -3.07. The fraction of sp³-hybridized carbons (Fsp3) is 0.526. The topological polar surface area (TPSA) is 73.2 Å². The minimum Gasteiger partial charge on any atom is -0.459 e. The van der Waals surface area contributed by atoms with Crippen molar-refractivity contribution in [2.45, 2.75) is 65.0 Å². The number of carbonyl (C=O) groups excluding carboxylic acids is 2. The zero-order valence-electron chi connectivity index (χ0n) is 16.4. The molecule has 0 aliphatic heterocycles. The third kappa shape index (κ3) is 4.82. The molecule has 2 heterocycles. The van der Waals surface area contributed by atoms with Crippen LogP contribution in [0.2, 0.25) is 0 Å². The zero-order chi connectivity index (χ0) is 22.0. The van der Waals surface area contributed by atoms with E-state index in [0.29, 0.717) is 17.2 Å². The average Bonchev–Trinajstić information content (AvgIpc) is 3.22. The van der Waals surface area contributed by atoms with E-state index in [9.17, 15) is 27.2 Å². The van der Waals surface area contributed by atoms with Crippen LogP contribution in [0.3, 0.4) is 0 Å². The highest BCUT2D eigenvalue weighted by atomic mass is 32.1. The number of carbonyl (C=O) groups is 2. The minimum absolute atomic E-state index is 0.275. The Morgan fingerprint density at radius 1 is 1.20 bits per heavy atom. The van der Waals surface area contributed by atoms with E-state index in [1.165, 1.54) is 11.3 Å². The third-order valence-electron chi connectivity index (χ3n) is 4.54. The maximum Gasteiger partial charge on any atom is 0.341 e. The van der Waals surface area contributed by atoms with Crippen molar-refractivity contribution in [3.05, 3.63) is 33.5 Å². The second-order valence-electron chi connectivity index (χ2n) is 7.17. The van der Waals surface area contributed by atoms with Crippen LogP contribution in [0.1, 0.15) is 71.7 Å². The molecule has 2 aromatic heterocycles. The van der Waals surface area contributed by atoms with Gasteiger partial charge in [0, 0.05) is 4.88 Å². The van der Waals surface area contributed by atoms with Gasteiger partial charge < -0.3 is 10.1 Å². The van der Waals surface area contributed by atoms with Crippen molar-refractivity contribution in [3.63, 3.8) is 0 Å². The van der Waals surface area contributed by atoms with Crippen LogP contribution in [-0.2, 0) is 28.9 Å². The second-order valence-corrected chi connectivity index (χ2v) is 8.28. The number of nitrogens with zero attached hydrogens (tertiary/aromatic N) is 2. The van der Waals surface area contributed by atoms with E-state index in [4.69, 9.17) is 4.74 Å². The Kier molecular flexibility index (Phi) is 6.79. The molecule has 2 aromatic rings. The molecule has 1 amide bonds. The second kappa shape index (κ2) is 9.15. The standard InChI is InChI=1S/C19H21F4N3O3S/c1-9(2)29-19(28)15-10-5-3-4-6-13(10)30-18(15)24-14(27)8-26-12(17(22)23)7-11(25-26)16(20)21/h7,9,16-17H,3-6,8H2,1-2H3,(H,24,27). The van der Waals surface area contributed by atoms with Crippen molar-refractivity contribution in [2.24, 2.45) is 0 Å². The van der Waals surface area contributed by atoms with Gasteiger partial charge in [0.05, 0.1) is 11.7 Å². The molecule has 0 saturated carbocycles. The first-order valence-electron chi connectivity index (χ1n) is 9.46. The summed E-state index contributed by atoms with van der Waals surface area (Å²) in [7, 11) is 0. The van der Waals surface area contributed by atoms with Gasteiger partial charge in [0.1, 0.15) is 22.9 Å².